The van der Waals surface area contributed by atoms with E-state index in [1.807, 2.05) is 5.38 Å². The van der Waals surface area contributed by atoms with E-state index in [-0.39, 0.29) is 11.9 Å². The molecule has 1 aromatic heterocycles. The molecule has 1 atom stereocenters. The number of rotatable bonds is 4. The maximum absolute atomic E-state index is 12.1. The number of nitrogens with two attached hydrogens (primary N) is 1. The van der Waals surface area contributed by atoms with E-state index in [1.165, 1.54) is 43.4 Å². The van der Waals surface area contributed by atoms with Gasteiger partial charge in [-0.05, 0) is 30.2 Å². The summed E-state index contributed by atoms with van der Waals surface area (Å²) in [5.41, 5.74) is 5.80. The molecule has 1 amide bonds. The maximum Gasteiger partial charge on any atom is 0.263 e. The molecule has 1 fully saturated rings. The Hall–Kier alpha value is -0.580. The minimum atomic E-state index is -0.0870. The molecule has 0 saturated heterocycles. The summed E-state index contributed by atoms with van der Waals surface area (Å²) in [7, 11) is 0. The van der Waals surface area contributed by atoms with Gasteiger partial charge in [0, 0.05) is 12.6 Å². The van der Waals surface area contributed by atoms with Gasteiger partial charge in [-0.3, -0.25) is 4.79 Å². The lowest BCUT2D eigenvalue weighted by Gasteiger charge is -2.29. The molecular weight excluding hydrogens is 268 g/mol. The molecule has 1 unspecified atom stereocenters. The van der Waals surface area contributed by atoms with Crippen molar-refractivity contribution in [3.8, 4) is 0 Å². The normalized spacial score (nSPS) is 18.6. The SMILES string of the molecule is NCC(NC(=O)c1sccc1Cl)C1CCCCC1. The standard InChI is InChI=1S/C13H19ClN2OS/c14-10-6-7-18-12(10)13(17)16-11(8-15)9-4-2-1-3-5-9/h6-7,9,11H,1-5,8,15H2,(H,16,17). The third-order valence-electron chi connectivity index (χ3n) is 3.61. The van der Waals surface area contributed by atoms with Crippen LogP contribution in [0.5, 0.6) is 0 Å². The predicted molar refractivity (Wildman–Crippen MR) is 76.2 cm³/mol. The van der Waals surface area contributed by atoms with Crippen LogP contribution < -0.4 is 11.1 Å². The van der Waals surface area contributed by atoms with E-state index in [4.69, 9.17) is 17.3 Å². The molecule has 3 N–H and O–H groups in total. The third kappa shape index (κ3) is 3.25. The first kappa shape index (κ1) is 13.8. The van der Waals surface area contributed by atoms with Gasteiger partial charge in [0.1, 0.15) is 4.88 Å². The molecular formula is C13H19ClN2OS. The van der Waals surface area contributed by atoms with Gasteiger partial charge in [-0.2, -0.15) is 0 Å². The Labute approximate surface area is 117 Å². The van der Waals surface area contributed by atoms with Gasteiger partial charge in [0.2, 0.25) is 0 Å². The Kier molecular flexibility index (Phi) is 5.03. The minimum Gasteiger partial charge on any atom is -0.347 e. The first-order valence-electron chi connectivity index (χ1n) is 6.46. The summed E-state index contributed by atoms with van der Waals surface area (Å²) in [5.74, 6) is 0.433. The molecule has 1 aliphatic rings. The van der Waals surface area contributed by atoms with Gasteiger partial charge < -0.3 is 11.1 Å². The van der Waals surface area contributed by atoms with Crippen LogP contribution in [-0.4, -0.2) is 18.5 Å². The highest BCUT2D eigenvalue weighted by Crippen LogP contribution is 2.27. The summed E-state index contributed by atoms with van der Waals surface area (Å²) >= 11 is 7.34. The first-order valence-corrected chi connectivity index (χ1v) is 7.72. The topological polar surface area (TPSA) is 55.1 Å². The lowest BCUT2D eigenvalue weighted by Crippen LogP contribution is -2.45. The second-order valence-electron chi connectivity index (χ2n) is 4.81. The van der Waals surface area contributed by atoms with Crippen molar-refractivity contribution >= 4 is 28.8 Å². The van der Waals surface area contributed by atoms with Gasteiger partial charge in [-0.1, -0.05) is 30.9 Å². The van der Waals surface area contributed by atoms with Gasteiger partial charge in [0.05, 0.1) is 5.02 Å². The summed E-state index contributed by atoms with van der Waals surface area (Å²) in [4.78, 5) is 12.7. The van der Waals surface area contributed by atoms with Crippen molar-refractivity contribution in [3.63, 3.8) is 0 Å². The molecule has 1 aliphatic carbocycles. The van der Waals surface area contributed by atoms with Crippen molar-refractivity contribution in [1.29, 1.82) is 0 Å². The number of hydrogen-bond acceptors (Lipinski definition) is 3. The molecule has 100 valence electrons. The van der Waals surface area contributed by atoms with E-state index < -0.39 is 0 Å². The van der Waals surface area contributed by atoms with Crippen molar-refractivity contribution in [3.05, 3.63) is 21.3 Å². The fourth-order valence-corrected chi connectivity index (χ4v) is 3.64. The van der Waals surface area contributed by atoms with Gasteiger partial charge in [-0.25, -0.2) is 0 Å². The fourth-order valence-electron chi connectivity index (χ4n) is 2.60. The van der Waals surface area contributed by atoms with E-state index >= 15 is 0 Å². The molecule has 5 heteroatoms. The number of halogens is 1. The summed E-state index contributed by atoms with van der Waals surface area (Å²) in [6.45, 7) is 0.499. The fraction of sp³-hybridized carbons (Fsp3) is 0.615. The zero-order chi connectivity index (χ0) is 13.0. The second-order valence-corrected chi connectivity index (χ2v) is 6.13. The molecule has 0 aromatic carbocycles. The van der Waals surface area contributed by atoms with E-state index in [0.29, 0.717) is 22.4 Å². The van der Waals surface area contributed by atoms with Crippen LogP contribution in [-0.2, 0) is 0 Å². The molecule has 0 radical (unpaired) electrons. The molecule has 1 saturated carbocycles. The van der Waals surface area contributed by atoms with Crippen LogP contribution in [0.25, 0.3) is 0 Å². The highest BCUT2D eigenvalue weighted by atomic mass is 35.5. The maximum atomic E-state index is 12.1. The number of carbonyl (C=O) groups excluding carboxylic acids is 1. The van der Waals surface area contributed by atoms with Gasteiger partial charge in [0.15, 0.2) is 0 Å². The molecule has 3 nitrogen and oxygen atoms in total. The Bertz CT molecular complexity index is 401. The van der Waals surface area contributed by atoms with Gasteiger partial charge in [0.25, 0.3) is 5.91 Å². The summed E-state index contributed by atoms with van der Waals surface area (Å²) < 4.78 is 0. The minimum absolute atomic E-state index is 0.0796. The van der Waals surface area contributed by atoms with E-state index in [2.05, 4.69) is 5.32 Å². The van der Waals surface area contributed by atoms with E-state index in [0.717, 1.165) is 0 Å². The zero-order valence-electron chi connectivity index (χ0n) is 10.3. The number of hydrogen-bond donors (Lipinski definition) is 2. The lowest BCUT2D eigenvalue weighted by molar-refractivity contribution is 0.0920. The number of thiophene rings is 1. The smallest absolute Gasteiger partial charge is 0.263 e. The number of nitrogens with one attached hydrogen (secondary N) is 1. The monoisotopic (exact) mass is 286 g/mol. The van der Waals surface area contributed by atoms with Gasteiger partial charge >= 0.3 is 0 Å². The molecule has 0 spiro atoms. The molecule has 0 aliphatic heterocycles. The largest absolute Gasteiger partial charge is 0.347 e. The Morgan fingerprint density at radius 2 is 2.22 bits per heavy atom. The van der Waals surface area contributed by atoms with E-state index in [9.17, 15) is 4.79 Å². The van der Waals surface area contributed by atoms with Crippen molar-refractivity contribution in [1.82, 2.24) is 5.32 Å². The zero-order valence-corrected chi connectivity index (χ0v) is 11.9. The first-order chi connectivity index (χ1) is 8.72. The quantitative estimate of drug-likeness (QED) is 0.894. The molecule has 0 bridgehead atoms. The van der Waals surface area contributed by atoms with Crippen molar-refractivity contribution < 1.29 is 4.79 Å². The summed E-state index contributed by atoms with van der Waals surface area (Å²) in [5, 5.41) is 5.40. The van der Waals surface area contributed by atoms with Crippen molar-refractivity contribution in [2.75, 3.05) is 6.54 Å². The van der Waals surface area contributed by atoms with Crippen LogP contribution in [0.2, 0.25) is 5.02 Å². The highest BCUT2D eigenvalue weighted by molar-refractivity contribution is 7.12. The predicted octanol–water partition coefficient (Wildman–Crippen LogP) is 3.04. The van der Waals surface area contributed by atoms with Gasteiger partial charge in [-0.15, -0.1) is 11.3 Å². The molecule has 1 heterocycles. The summed E-state index contributed by atoms with van der Waals surface area (Å²) in [6, 6.07) is 1.83. The van der Waals surface area contributed by atoms with E-state index in [1.54, 1.807) is 6.07 Å². The summed E-state index contributed by atoms with van der Waals surface area (Å²) in [6.07, 6.45) is 6.13. The Morgan fingerprint density at radius 1 is 1.50 bits per heavy atom. The molecule has 18 heavy (non-hydrogen) atoms. The van der Waals surface area contributed by atoms with Crippen LogP contribution >= 0.6 is 22.9 Å². The van der Waals surface area contributed by atoms with Crippen molar-refractivity contribution in [2.45, 2.75) is 38.1 Å². The third-order valence-corrected chi connectivity index (χ3v) is 4.95. The Morgan fingerprint density at radius 3 is 2.78 bits per heavy atom. The van der Waals surface area contributed by atoms with Crippen LogP contribution in [0.4, 0.5) is 0 Å². The van der Waals surface area contributed by atoms with Crippen LogP contribution in [0, 0.1) is 5.92 Å². The highest BCUT2D eigenvalue weighted by Gasteiger charge is 2.25. The van der Waals surface area contributed by atoms with Crippen molar-refractivity contribution in [2.24, 2.45) is 11.7 Å². The van der Waals surface area contributed by atoms with Crippen LogP contribution in [0.3, 0.4) is 0 Å². The number of carbonyl (C=O) groups is 1. The van der Waals surface area contributed by atoms with Crippen LogP contribution in [0.15, 0.2) is 11.4 Å². The second kappa shape index (κ2) is 6.55. The average molecular weight is 287 g/mol. The number of amides is 1. The molecule has 1 aromatic rings. The lowest BCUT2D eigenvalue weighted by atomic mass is 9.84. The Balaban J connectivity index is 1.97. The van der Waals surface area contributed by atoms with Crippen LogP contribution in [0.1, 0.15) is 41.8 Å². The molecule has 2 rings (SSSR count). The average Bonchev–Trinajstić information content (AvgIpc) is 2.83.